The van der Waals surface area contributed by atoms with Crippen molar-refractivity contribution in [3.05, 3.63) is 86.1 Å². The summed E-state index contributed by atoms with van der Waals surface area (Å²) in [5.41, 5.74) is 23.9. The molecule has 1 heterocycles. The second kappa shape index (κ2) is 19.3. The van der Waals surface area contributed by atoms with Crippen LogP contribution in [-0.2, 0) is 17.6 Å². The molecule has 0 aliphatic carbocycles. The normalized spacial score (nSPS) is 13.4. The fourth-order valence-electron chi connectivity index (χ4n) is 2.44. The van der Waals surface area contributed by atoms with E-state index in [-0.39, 0.29) is 43.5 Å². The van der Waals surface area contributed by atoms with Gasteiger partial charge in [-0.05, 0) is 47.3 Å². The Labute approximate surface area is 210 Å². The van der Waals surface area contributed by atoms with Gasteiger partial charge in [0.05, 0.1) is 39.6 Å². The Bertz CT molecular complexity index is 819. The van der Waals surface area contributed by atoms with E-state index in [1.807, 2.05) is 36.4 Å². The van der Waals surface area contributed by atoms with Gasteiger partial charge in [0.15, 0.2) is 0 Å². The molecule has 1 aliphatic heterocycles. The van der Waals surface area contributed by atoms with Crippen molar-refractivity contribution in [1.29, 1.82) is 0 Å². The number of nitrogens with zero attached hydrogens (tertiary/aromatic N) is 6. The second-order valence-electron chi connectivity index (χ2n) is 6.22. The molecule has 0 aromatic heterocycles. The smallest absolute Gasteiger partial charge is 0.497 e. The fraction of sp³-hybridized carbons (Fsp3) is 0.429. The van der Waals surface area contributed by atoms with Crippen LogP contribution in [0.15, 0.2) is 53.6 Å². The van der Waals surface area contributed by atoms with Crippen LogP contribution in [0.2, 0.25) is 0 Å². The van der Waals surface area contributed by atoms with Gasteiger partial charge in [-0.25, -0.2) is 0 Å². The molecule has 2 aromatic rings. The molecule has 10 nitrogen and oxygen atoms in total. The van der Waals surface area contributed by atoms with Crippen LogP contribution in [-0.4, -0.2) is 44.7 Å². The molecule has 168 valence electrons. The van der Waals surface area contributed by atoms with Crippen molar-refractivity contribution < 1.29 is 48.9 Å². The van der Waals surface area contributed by atoms with E-state index >= 15 is 0 Å². The summed E-state index contributed by atoms with van der Waals surface area (Å²) in [6.45, 7) is 1.02. The summed E-state index contributed by atoms with van der Waals surface area (Å²) >= 11 is 0. The molecule has 1 fully saturated rings. The average molecular weight is 452 g/mol. The predicted octanol–water partition coefficient (Wildman–Crippen LogP) is 2.05. The first-order chi connectivity index (χ1) is 14.6. The Hall–Kier alpha value is -2.42. The van der Waals surface area contributed by atoms with Gasteiger partial charge in [0.25, 0.3) is 0 Å². The van der Waals surface area contributed by atoms with E-state index in [1.165, 1.54) is 10.5 Å². The molecular weight excluding hydrogens is 423 g/mol. The third kappa shape index (κ3) is 14.6. The summed E-state index contributed by atoms with van der Waals surface area (Å²) in [5, 5.41) is 12.8. The number of benzene rings is 2. The Morgan fingerprint density at radius 3 is 1.81 bits per heavy atom. The number of epoxide rings is 1. The number of aliphatic hydroxyl groups is 1. The van der Waals surface area contributed by atoms with Gasteiger partial charge in [-0.1, -0.05) is 36.8 Å². The van der Waals surface area contributed by atoms with Gasteiger partial charge in [0, 0.05) is 11.3 Å². The molecule has 2 unspecified atom stereocenters. The summed E-state index contributed by atoms with van der Waals surface area (Å²) < 4.78 is 15.2. The van der Waals surface area contributed by atoms with Gasteiger partial charge in [-0.15, -0.1) is 0 Å². The van der Waals surface area contributed by atoms with Crippen molar-refractivity contribution in [2.75, 3.05) is 27.4 Å². The first-order valence-corrected chi connectivity index (χ1v) is 9.11. The SMILES string of the molecule is C.COc1ccc(CC(O)CN=[N+]=[N-])cc1.COc1ccc(CC2CO2)cc1.[N-]=[N+]=[N-].[Na+]. The molecule has 0 amide bonds. The van der Waals surface area contributed by atoms with Crippen molar-refractivity contribution in [2.24, 2.45) is 5.11 Å². The standard InChI is InChI=1S/C10H13N3O2.C10H12O2.CH4.N3.Na/c1-15-10-4-2-8(3-5-10)6-9(14)7-12-13-11;1-11-9-4-2-8(3-5-9)6-10-7-12-10;;1-3-2;/h2-5,9,14H,6-7H2,1H3;2-5,10H,6-7H2,1H3;1H4;;/q;;;-1;+1. The molecular formula is C21H29N6NaO4. The number of hydrogen-bond donors (Lipinski definition) is 1. The first kappa shape index (κ1) is 31.8. The van der Waals surface area contributed by atoms with E-state index in [1.54, 1.807) is 14.2 Å². The maximum absolute atomic E-state index is 9.46. The van der Waals surface area contributed by atoms with Gasteiger partial charge < -0.3 is 30.4 Å². The fourth-order valence-corrected chi connectivity index (χ4v) is 2.44. The Morgan fingerprint density at radius 1 is 1.00 bits per heavy atom. The number of rotatable bonds is 8. The quantitative estimate of drug-likeness (QED) is 0.214. The molecule has 1 aliphatic rings. The van der Waals surface area contributed by atoms with Crippen LogP contribution in [0.1, 0.15) is 18.6 Å². The van der Waals surface area contributed by atoms with Gasteiger partial charge in [-0.2, -0.15) is 0 Å². The van der Waals surface area contributed by atoms with Gasteiger partial charge in [0.1, 0.15) is 11.5 Å². The molecule has 32 heavy (non-hydrogen) atoms. The summed E-state index contributed by atoms with van der Waals surface area (Å²) in [5.74, 6) is 1.69. The number of hydrogen-bond acceptors (Lipinski definition) is 5. The number of ether oxygens (including phenoxy) is 3. The molecule has 0 saturated carbocycles. The molecule has 2 atom stereocenters. The van der Waals surface area contributed by atoms with Crippen LogP contribution >= 0.6 is 0 Å². The number of methoxy groups -OCH3 is 2. The maximum Gasteiger partial charge on any atom is 1.00 e. The van der Waals surface area contributed by atoms with Gasteiger partial charge in [0.2, 0.25) is 0 Å². The molecule has 0 spiro atoms. The minimum absolute atomic E-state index is 0. The monoisotopic (exact) mass is 452 g/mol. The molecule has 2 aromatic carbocycles. The molecule has 1 saturated heterocycles. The van der Waals surface area contributed by atoms with Gasteiger partial charge >= 0.3 is 29.6 Å². The van der Waals surface area contributed by atoms with E-state index in [4.69, 9.17) is 30.8 Å². The van der Waals surface area contributed by atoms with E-state index in [9.17, 15) is 5.11 Å². The zero-order chi connectivity index (χ0) is 22.2. The molecule has 0 bridgehead atoms. The predicted molar refractivity (Wildman–Crippen MR) is 120 cm³/mol. The van der Waals surface area contributed by atoms with E-state index < -0.39 is 6.10 Å². The van der Waals surface area contributed by atoms with Crippen LogP contribution < -0.4 is 39.0 Å². The van der Waals surface area contributed by atoms with Gasteiger partial charge in [-0.3, -0.25) is 4.91 Å². The van der Waals surface area contributed by atoms with Crippen molar-refractivity contribution in [3.8, 4) is 11.5 Å². The first-order valence-electron chi connectivity index (χ1n) is 9.11. The Morgan fingerprint density at radius 2 is 1.44 bits per heavy atom. The van der Waals surface area contributed by atoms with Crippen LogP contribution in [0.4, 0.5) is 0 Å². The largest absolute Gasteiger partial charge is 1.00 e. The van der Waals surface area contributed by atoms with E-state index in [2.05, 4.69) is 22.2 Å². The van der Waals surface area contributed by atoms with Crippen LogP contribution in [0.25, 0.3) is 26.4 Å². The average Bonchev–Trinajstić information content (AvgIpc) is 3.58. The summed E-state index contributed by atoms with van der Waals surface area (Å²) in [7, 11) is 3.28. The Kier molecular flexibility index (Phi) is 19.1. The number of aliphatic hydroxyl groups excluding tert-OH is 1. The molecule has 1 N–H and O–H groups in total. The van der Waals surface area contributed by atoms with E-state index in [0.29, 0.717) is 12.5 Å². The van der Waals surface area contributed by atoms with Crippen LogP contribution in [0.3, 0.4) is 0 Å². The van der Waals surface area contributed by atoms with E-state index in [0.717, 1.165) is 30.1 Å². The third-order valence-corrected chi connectivity index (χ3v) is 4.01. The second-order valence-corrected chi connectivity index (χ2v) is 6.22. The maximum atomic E-state index is 9.46. The minimum Gasteiger partial charge on any atom is -0.497 e. The van der Waals surface area contributed by atoms with Crippen LogP contribution in [0.5, 0.6) is 11.5 Å². The Balaban J connectivity index is 0. The van der Waals surface area contributed by atoms with Crippen molar-refractivity contribution >= 4 is 0 Å². The topological polar surface area (TPSA) is 159 Å². The van der Waals surface area contributed by atoms with Crippen LogP contribution in [0, 0.1) is 0 Å². The zero-order valence-corrected chi connectivity index (χ0v) is 20.0. The third-order valence-electron chi connectivity index (χ3n) is 4.01. The molecule has 11 heteroatoms. The molecule has 3 rings (SSSR count). The summed E-state index contributed by atoms with van der Waals surface area (Å²) in [4.78, 5) is 4.09. The summed E-state index contributed by atoms with van der Waals surface area (Å²) in [6, 6.07) is 15.5. The van der Waals surface area contributed by atoms with Crippen molar-refractivity contribution in [2.45, 2.75) is 32.5 Å². The summed E-state index contributed by atoms with van der Waals surface area (Å²) in [6.07, 6.45) is 1.35. The number of azide groups is 1. The molecule has 0 radical (unpaired) electrons. The van der Waals surface area contributed by atoms with Crippen molar-refractivity contribution in [1.82, 2.24) is 0 Å². The zero-order valence-electron chi connectivity index (χ0n) is 18.0. The van der Waals surface area contributed by atoms with Crippen molar-refractivity contribution in [3.63, 3.8) is 0 Å². The minimum atomic E-state index is -0.630.